The van der Waals surface area contributed by atoms with Gasteiger partial charge in [-0.15, -0.1) is 0 Å². The highest BCUT2D eigenvalue weighted by Crippen LogP contribution is 2.12. The van der Waals surface area contributed by atoms with E-state index < -0.39 is 0 Å². The third kappa shape index (κ3) is 3.19. The van der Waals surface area contributed by atoms with Crippen LogP contribution in [0, 0.1) is 0 Å². The van der Waals surface area contributed by atoms with Gasteiger partial charge in [0.15, 0.2) is 0 Å². The molecule has 0 aromatic carbocycles. The van der Waals surface area contributed by atoms with Gasteiger partial charge in [-0.05, 0) is 29.5 Å². The second kappa shape index (κ2) is 4.91. The van der Waals surface area contributed by atoms with E-state index in [9.17, 15) is 0 Å². The maximum Gasteiger partial charge on any atom is 0.137 e. The lowest BCUT2D eigenvalue weighted by Crippen LogP contribution is -1.56. The first-order chi connectivity index (χ1) is 5.43. The van der Waals surface area contributed by atoms with Gasteiger partial charge in [0.05, 0.1) is 0 Å². The van der Waals surface area contributed by atoms with Crippen LogP contribution in [0.4, 0.5) is 0 Å². The van der Waals surface area contributed by atoms with Crippen LogP contribution in [0.5, 0.6) is 0 Å². The summed E-state index contributed by atoms with van der Waals surface area (Å²) in [6.07, 6.45) is 0. The highest BCUT2D eigenvalue weighted by Gasteiger charge is 1.87. The summed E-state index contributed by atoms with van der Waals surface area (Å²) in [5.41, 5.74) is 0. The summed E-state index contributed by atoms with van der Waals surface area (Å²) >= 11 is 0. The molecular formula is C10H13S+. The quantitative estimate of drug-likeness (QED) is 0.558. The first-order valence-electron chi connectivity index (χ1n) is 3.80. The average Bonchev–Trinajstić information content (AvgIpc) is 2.16. The molecule has 0 saturated carbocycles. The Bertz CT molecular complexity index is 225. The molecule has 11 heavy (non-hydrogen) atoms. The van der Waals surface area contributed by atoms with Crippen LogP contribution >= 0.6 is 10.5 Å². The van der Waals surface area contributed by atoms with Crippen molar-refractivity contribution in [3.8, 4) is 0 Å². The van der Waals surface area contributed by atoms with E-state index in [1.807, 2.05) is 12.1 Å². The zero-order chi connectivity index (χ0) is 7.94. The lowest BCUT2D eigenvalue weighted by atomic mass is 10.5. The zero-order valence-corrected chi connectivity index (χ0v) is 7.55. The molecule has 1 heteroatoms. The van der Waals surface area contributed by atoms with Crippen LogP contribution < -0.4 is 0 Å². The summed E-state index contributed by atoms with van der Waals surface area (Å²) in [7, 11) is 0.345. The smallest absolute Gasteiger partial charge is 0.0621 e. The van der Waals surface area contributed by atoms with Gasteiger partial charge in [-0.1, -0.05) is 24.3 Å². The molecule has 0 amide bonds. The zero-order valence-electron chi connectivity index (χ0n) is 6.73. The Hall–Kier alpha value is -0.820. The van der Waals surface area contributed by atoms with E-state index in [1.165, 1.54) is 5.75 Å². The van der Waals surface area contributed by atoms with Gasteiger partial charge >= 0.3 is 0 Å². The van der Waals surface area contributed by atoms with Crippen LogP contribution in [0.3, 0.4) is 0 Å². The van der Waals surface area contributed by atoms with Crippen molar-refractivity contribution < 1.29 is 0 Å². The highest BCUT2D eigenvalue weighted by atomic mass is 32.2. The molecule has 0 aliphatic heterocycles. The summed E-state index contributed by atoms with van der Waals surface area (Å²) < 4.78 is 0. The third-order valence-corrected chi connectivity index (χ3v) is 3.08. The molecule has 0 nitrogen and oxygen atoms in total. The van der Waals surface area contributed by atoms with Crippen LogP contribution in [-0.2, 0) is 5.75 Å². The molecule has 0 bridgehead atoms. The number of aryl methyl sites for hydroxylation is 1. The molecule has 0 N–H and O–H groups in total. The Labute approximate surface area is 70.8 Å². The molecule has 1 aromatic rings. The van der Waals surface area contributed by atoms with Crippen LogP contribution in [0.2, 0.25) is 0 Å². The fourth-order valence-corrected chi connectivity index (χ4v) is 1.85. The monoisotopic (exact) mass is 165 g/mol. The molecule has 0 aliphatic carbocycles. The Morgan fingerprint density at radius 1 is 0.818 bits per heavy atom. The van der Waals surface area contributed by atoms with Crippen molar-refractivity contribution in [2.45, 2.75) is 12.7 Å². The van der Waals surface area contributed by atoms with Gasteiger partial charge in [-0.3, -0.25) is 0 Å². The summed E-state index contributed by atoms with van der Waals surface area (Å²) in [6, 6.07) is 12.5. The molecule has 0 radical (unpaired) electrons. The average molecular weight is 165 g/mol. The van der Waals surface area contributed by atoms with Crippen molar-refractivity contribution in [3.63, 3.8) is 0 Å². The van der Waals surface area contributed by atoms with Gasteiger partial charge in [-0.2, -0.15) is 0 Å². The molecule has 0 aliphatic rings. The molecule has 0 fully saturated rings. The van der Waals surface area contributed by atoms with Crippen molar-refractivity contribution in [1.82, 2.24) is 0 Å². The Morgan fingerprint density at radius 2 is 1.27 bits per heavy atom. The van der Waals surface area contributed by atoms with E-state index in [4.69, 9.17) is 0 Å². The van der Waals surface area contributed by atoms with E-state index in [2.05, 4.69) is 41.9 Å². The van der Waals surface area contributed by atoms with Crippen molar-refractivity contribution in [2.75, 3.05) is 0 Å². The normalized spacial score (nSPS) is 8.82. The lowest BCUT2D eigenvalue weighted by Gasteiger charge is -1.76. The first-order valence-corrected chi connectivity index (χ1v) is 5.32. The summed E-state index contributed by atoms with van der Waals surface area (Å²) in [4.78, 5) is 0. The van der Waals surface area contributed by atoms with Gasteiger partial charge in [0.25, 0.3) is 0 Å². The third-order valence-electron chi connectivity index (χ3n) is 1.40. The van der Waals surface area contributed by atoms with Gasteiger partial charge in [0.1, 0.15) is 16.5 Å². The van der Waals surface area contributed by atoms with Crippen molar-refractivity contribution >= 4 is 10.5 Å². The van der Waals surface area contributed by atoms with Gasteiger partial charge in [0, 0.05) is 0 Å². The predicted octanol–water partition coefficient (Wildman–Crippen LogP) is 3.58. The van der Waals surface area contributed by atoms with Crippen LogP contribution in [0.15, 0.2) is 47.2 Å². The fraction of sp³-hybridized carbons (Fsp3) is 0.200. The van der Waals surface area contributed by atoms with Crippen molar-refractivity contribution in [1.29, 1.82) is 0 Å². The maximum absolute atomic E-state index is 2.25. The van der Waals surface area contributed by atoms with Gasteiger partial charge in [0.2, 0.25) is 0 Å². The summed E-state index contributed by atoms with van der Waals surface area (Å²) in [5.74, 6) is 1.20. The molecule has 1 aromatic heterocycles. The van der Waals surface area contributed by atoms with Crippen LogP contribution in [0.25, 0.3) is 0 Å². The summed E-state index contributed by atoms with van der Waals surface area (Å²) in [5, 5.41) is 4.50. The highest BCUT2D eigenvalue weighted by molar-refractivity contribution is 7.27. The largest absolute Gasteiger partial charge is 0.137 e. The second-order valence-corrected chi connectivity index (χ2v) is 4.25. The molecule has 1 heterocycles. The minimum atomic E-state index is 0.345. The number of hydrogen-bond donors (Lipinski definition) is 0. The molecule has 0 unspecified atom stereocenters. The number of hydrogen-bond acceptors (Lipinski definition) is 0. The Morgan fingerprint density at radius 3 is 1.73 bits per heavy atom. The van der Waals surface area contributed by atoms with E-state index in [0.29, 0.717) is 10.5 Å². The number of rotatable bonds is 1. The van der Waals surface area contributed by atoms with Crippen LogP contribution in [-0.4, -0.2) is 0 Å². The minimum Gasteiger partial charge on any atom is -0.0621 e. The second-order valence-electron chi connectivity index (χ2n) is 2.18. The SMILES string of the molecule is CC[s+]1cccccccc1. The summed E-state index contributed by atoms with van der Waals surface area (Å²) in [6.45, 7) is 2.21. The van der Waals surface area contributed by atoms with E-state index in [-0.39, 0.29) is 0 Å². The Balaban J connectivity index is 3.07. The standard InChI is InChI=1S/C10H13S/c1-2-11-9-7-5-3-4-6-8-10-11/h3-10H,2H2,1H3/q+1. The molecule has 0 saturated heterocycles. The van der Waals surface area contributed by atoms with E-state index >= 15 is 0 Å². The lowest BCUT2D eigenvalue weighted by molar-refractivity contribution is 1.38. The Kier molecular flexibility index (Phi) is 3.70. The van der Waals surface area contributed by atoms with Crippen molar-refractivity contribution in [2.24, 2.45) is 0 Å². The van der Waals surface area contributed by atoms with E-state index in [0.717, 1.165) is 0 Å². The molecule has 1 rings (SSSR count). The molecule has 58 valence electrons. The van der Waals surface area contributed by atoms with Crippen molar-refractivity contribution in [3.05, 3.63) is 47.2 Å². The van der Waals surface area contributed by atoms with Crippen LogP contribution in [0.1, 0.15) is 6.92 Å². The predicted molar refractivity (Wildman–Crippen MR) is 52.2 cm³/mol. The molecular weight excluding hydrogens is 152 g/mol. The topological polar surface area (TPSA) is 0 Å². The molecule has 0 spiro atoms. The van der Waals surface area contributed by atoms with E-state index in [1.54, 1.807) is 0 Å². The van der Waals surface area contributed by atoms with Gasteiger partial charge in [-0.25, -0.2) is 0 Å². The maximum atomic E-state index is 2.25. The fourth-order valence-electron chi connectivity index (χ4n) is 0.787. The first kappa shape index (κ1) is 8.28. The molecule has 0 atom stereocenters. The van der Waals surface area contributed by atoms with Gasteiger partial charge < -0.3 is 0 Å². The minimum absolute atomic E-state index is 0.345.